The molecule has 10 heteroatoms. The Hall–Kier alpha value is -4.34. The maximum Gasteiger partial charge on any atom is 0.264 e. The number of carbonyl (C=O) groups is 1. The quantitative estimate of drug-likeness (QED) is 0.185. The smallest absolute Gasteiger partial charge is 0.264 e. The number of hydrogen-bond donors (Lipinski definition) is 1. The Morgan fingerprint density at radius 3 is 2.40 bits per heavy atom. The highest BCUT2D eigenvalue weighted by atomic mass is 35.5. The van der Waals surface area contributed by atoms with Crippen molar-refractivity contribution in [2.75, 3.05) is 18.0 Å². The summed E-state index contributed by atoms with van der Waals surface area (Å²) in [5.41, 5.74) is 5.22. The van der Waals surface area contributed by atoms with Crippen LogP contribution in [-0.4, -0.2) is 34.2 Å². The number of methoxy groups -OCH3 is 1. The first-order valence-electron chi connectivity index (χ1n) is 12.3. The molecule has 8 nitrogen and oxygen atoms in total. The monoisotopic (exact) mass is 577 g/mol. The Labute approximate surface area is 238 Å². The summed E-state index contributed by atoms with van der Waals surface area (Å²) in [5, 5.41) is 4.64. The molecule has 0 unspecified atom stereocenters. The van der Waals surface area contributed by atoms with E-state index in [4.69, 9.17) is 21.1 Å². The summed E-state index contributed by atoms with van der Waals surface area (Å²) >= 11 is 6.01. The lowest BCUT2D eigenvalue weighted by molar-refractivity contribution is -0.119. The van der Waals surface area contributed by atoms with Gasteiger partial charge in [-0.05, 0) is 78.7 Å². The predicted octanol–water partition coefficient (Wildman–Crippen LogP) is 5.58. The van der Waals surface area contributed by atoms with Crippen molar-refractivity contribution >= 4 is 39.4 Å². The number of rotatable bonds is 11. The number of amides is 1. The fourth-order valence-electron chi connectivity index (χ4n) is 3.76. The first-order valence-corrected chi connectivity index (χ1v) is 14.1. The van der Waals surface area contributed by atoms with Gasteiger partial charge in [-0.1, -0.05) is 53.6 Å². The van der Waals surface area contributed by atoms with E-state index in [1.165, 1.54) is 25.5 Å². The third-order valence-electron chi connectivity index (χ3n) is 5.83. The Kier molecular flexibility index (Phi) is 9.42. The van der Waals surface area contributed by atoms with E-state index in [-0.39, 0.29) is 10.6 Å². The van der Waals surface area contributed by atoms with Crippen LogP contribution in [0.4, 0.5) is 5.69 Å². The van der Waals surface area contributed by atoms with Crippen molar-refractivity contribution < 1.29 is 22.7 Å². The molecule has 0 aromatic heterocycles. The zero-order valence-electron chi connectivity index (χ0n) is 22.0. The Morgan fingerprint density at radius 2 is 1.70 bits per heavy atom. The van der Waals surface area contributed by atoms with Crippen LogP contribution in [0, 0.1) is 6.92 Å². The standard InChI is InChI=1S/C30H28ClN3O5S/c1-22-10-16-27(17-11-22)40(36,37)34(28-8-3-4-9-29(28)38-2)20-30(35)33-32-19-23-12-14-26(15-13-23)39-21-24-6-5-7-25(31)18-24/h3-19H,20-21H2,1-2H3,(H,33,35)/b32-19+. The molecule has 1 amide bonds. The third-order valence-corrected chi connectivity index (χ3v) is 7.84. The van der Waals surface area contributed by atoms with Crippen LogP contribution >= 0.6 is 11.6 Å². The molecule has 40 heavy (non-hydrogen) atoms. The van der Waals surface area contributed by atoms with E-state index in [0.717, 1.165) is 15.4 Å². The van der Waals surface area contributed by atoms with Gasteiger partial charge in [-0.3, -0.25) is 9.10 Å². The molecule has 0 bridgehead atoms. The van der Waals surface area contributed by atoms with Crippen LogP contribution in [0.15, 0.2) is 107 Å². The van der Waals surface area contributed by atoms with Crippen LogP contribution in [0.1, 0.15) is 16.7 Å². The first kappa shape index (κ1) is 28.7. The van der Waals surface area contributed by atoms with Crippen LogP contribution in [0.5, 0.6) is 11.5 Å². The van der Waals surface area contributed by atoms with Crippen molar-refractivity contribution in [2.45, 2.75) is 18.4 Å². The van der Waals surface area contributed by atoms with Gasteiger partial charge in [-0.2, -0.15) is 5.10 Å². The van der Waals surface area contributed by atoms with E-state index in [2.05, 4.69) is 10.5 Å². The normalized spacial score (nSPS) is 11.3. The van der Waals surface area contributed by atoms with Crippen LogP contribution in [0.2, 0.25) is 5.02 Å². The number of nitrogens with zero attached hydrogens (tertiary/aromatic N) is 2. The second-order valence-electron chi connectivity index (χ2n) is 8.78. The molecule has 1 N–H and O–H groups in total. The number of sulfonamides is 1. The summed E-state index contributed by atoms with van der Waals surface area (Å²) in [7, 11) is -2.65. The fraction of sp³-hybridized carbons (Fsp3) is 0.133. The molecule has 206 valence electrons. The molecule has 0 aliphatic rings. The Balaban J connectivity index is 1.43. The van der Waals surface area contributed by atoms with Crippen molar-refractivity contribution in [3.8, 4) is 11.5 Å². The van der Waals surface area contributed by atoms with E-state index in [0.29, 0.717) is 28.7 Å². The van der Waals surface area contributed by atoms with Crippen LogP contribution in [-0.2, 0) is 21.4 Å². The number of carbonyl (C=O) groups excluding carboxylic acids is 1. The number of anilines is 1. The van der Waals surface area contributed by atoms with Gasteiger partial charge in [0.25, 0.3) is 15.9 Å². The average Bonchev–Trinajstić information content (AvgIpc) is 2.96. The van der Waals surface area contributed by atoms with Gasteiger partial charge in [0, 0.05) is 5.02 Å². The summed E-state index contributed by atoms with van der Waals surface area (Å²) in [6.45, 7) is 1.73. The van der Waals surface area contributed by atoms with Crippen molar-refractivity contribution in [1.82, 2.24) is 5.43 Å². The molecule has 0 saturated carbocycles. The zero-order chi connectivity index (χ0) is 28.5. The molecular weight excluding hydrogens is 550 g/mol. The maximum atomic E-state index is 13.6. The Bertz CT molecular complexity index is 1590. The molecule has 4 rings (SSSR count). The number of nitrogens with one attached hydrogen (secondary N) is 1. The number of halogens is 1. The van der Waals surface area contributed by atoms with E-state index in [9.17, 15) is 13.2 Å². The van der Waals surface area contributed by atoms with Gasteiger partial charge < -0.3 is 9.47 Å². The highest BCUT2D eigenvalue weighted by Gasteiger charge is 2.29. The molecule has 0 fully saturated rings. The largest absolute Gasteiger partial charge is 0.495 e. The predicted molar refractivity (Wildman–Crippen MR) is 157 cm³/mol. The van der Waals surface area contributed by atoms with Crippen molar-refractivity contribution in [3.05, 3.63) is 119 Å². The van der Waals surface area contributed by atoms with Gasteiger partial charge in [-0.25, -0.2) is 13.8 Å². The fourth-order valence-corrected chi connectivity index (χ4v) is 5.41. The lowest BCUT2D eigenvalue weighted by Crippen LogP contribution is -2.39. The van der Waals surface area contributed by atoms with E-state index in [1.54, 1.807) is 66.7 Å². The van der Waals surface area contributed by atoms with Gasteiger partial charge in [-0.15, -0.1) is 0 Å². The minimum absolute atomic E-state index is 0.0537. The van der Waals surface area contributed by atoms with Gasteiger partial charge in [0.1, 0.15) is 24.7 Å². The van der Waals surface area contributed by atoms with E-state index >= 15 is 0 Å². The molecule has 0 aliphatic heterocycles. The lowest BCUT2D eigenvalue weighted by atomic mass is 10.2. The van der Waals surface area contributed by atoms with Gasteiger partial charge in [0.15, 0.2) is 0 Å². The minimum Gasteiger partial charge on any atom is -0.495 e. The molecular formula is C30H28ClN3O5S. The number of aryl methyl sites for hydroxylation is 1. The summed E-state index contributed by atoms with van der Waals surface area (Å²) in [5.74, 6) is 0.349. The highest BCUT2D eigenvalue weighted by Crippen LogP contribution is 2.32. The van der Waals surface area contributed by atoms with Crippen LogP contribution < -0.4 is 19.2 Å². The number of benzene rings is 4. The molecule has 0 aliphatic carbocycles. The van der Waals surface area contributed by atoms with Crippen molar-refractivity contribution in [1.29, 1.82) is 0 Å². The summed E-state index contributed by atoms with van der Waals surface area (Å²) < 4.78 is 39.3. The van der Waals surface area contributed by atoms with Crippen LogP contribution in [0.3, 0.4) is 0 Å². The number of hydrazone groups is 1. The first-order chi connectivity index (χ1) is 19.3. The van der Waals surface area contributed by atoms with Gasteiger partial charge in [0.05, 0.1) is 23.9 Å². The molecule has 4 aromatic rings. The molecule has 0 saturated heterocycles. The minimum atomic E-state index is -4.09. The second kappa shape index (κ2) is 13.1. The van der Waals surface area contributed by atoms with Gasteiger partial charge in [0.2, 0.25) is 0 Å². The van der Waals surface area contributed by atoms with Gasteiger partial charge >= 0.3 is 0 Å². The summed E-state index contributed by atoms with van der Waals surface area (Å²) in [4.78, 5) is 12.9. The van der Waals surface area contributed by atoms with Crippen molar-refractivity contribution in [2.24, 2.45) is 5.10 Å². The van der Waals surface area contributed by atoms with E-state index in [1.807, 2.05) is 25.1 Å². The zero-order valence-corrected chi connectivity index (χ0v) is 23.5. The number of para-hydroxylation sites is 2. The molecule has 0 radical (unpaired) electrons. The summed E-state index contributed by atoms with van der Waals surface area (Å²) in [6, 6.07) is 27.6. The lowest BCUT2D eigenvalue weighted by Gasteiger charge is -2.25. The van der Waals surface area contributed by atoms with Crippen LogP contribution in [0.25, 0.3) is 0 Å². The Morgan fingerprint density at radius 1 is 0.975 bits per heavy atom. The molecule has 0 heterocycles. The average molecular weight is 578 g/mol. The molecule has 0 spiro atoms. The summed E-state index contributed by atoms with van der Waals surface area (Å²) in [6.07, 6.45) is 1.46. The topological polar surface area (TPSA) is 97.3 Å². The SMILES string of the molecule is COc1ccccc1N(CC(=O)N/N=C/c1ccc(OCc2cccc(Cl)c2)cc1)S(=O)(=O)c1ccc(C)cc1. The number of ether oxygens (including phenoxy) is 2. The maximum absolute atomic E-state index is 13.6. The molecule has 4 aromatic carbocycles. The number of hydrogen-bond acceptors (Lipinski definition) is 6. The highest BCUT2D eigenvalue weighted by molar-refractivity contribution is 7.92. The van der Waals surface area contributed by atoms with Crippen molar-refractivity contribution in [3.63, 3.8) is 0 Å². The third kappa shape index (κ3) is 7.40. The second-order valence-corrected chi connectivity index (χ2v) is 11.1. The molecule has 0 atom stereocenters. The van der Waals surface area contributed by atoms with E-state index < -0.39 is 22.5 Å².